The molecular formula is C19H22ClF3N4O. The Morgan fingerprint density at radius 2 is 1.89 bits per heavy atom. The number of hydrogen-bond acceptors (Lipinski definition) is 3. The molecule has 1 aromatic heterocycles. The van der Waals surface area contributed by atoms with Crippen molar-refractivity contribution in [3.63, 3.8) is 0 Å². The number of aromatic nitrogens is 2. The zero-order valence-electron chi connectivity index (χ0n) is 15.4. The summed E-state index contributed by atoms with van der Waals surface area (Å²) in [7, 11) is 0. The second-order valence-electron chi connectivity index (χ2n) is 7.28. The molecular weight excluding hydrogens is 393 g/mol. The number of amides is 1. The topological polar surface area (TPSA) is 50.2 Å². The maximum Gasteiger partial charge on any atom is 0.434 e. The van der Waals surface area contributed by atoms with E-state index in [-0.39, 0.29) is 24.0 Å². The number of benzene rings is 1. The lowest BCUT2D eigenvalue weighted by Gasteiger charge is -2.24. The molecule has 2 saturated heterocycles. The molecule has 2 bridgehead atoms. The number of aryl methyl sites for hydroxylation is 1. The fourth-order valence-corrected chi connectivity index (χ4v) is 4.06. The molecule has 2 unspecified atom stereocenters. The minimum atomic E-state index is -4.69. The van der Waals surface area contributed by atoms with Gasteiger partial charge in [-0.2, -0.15) is 18.3 Å². The van der Waals surface area contributed by atoms with Crippen LogP contribution in [-0.4, -0.2) is 45.8 Å². The summed E-state index contributed by atoms with van der Waals surface area (Å²) >= 11 is 0. The molecule has 5 nitrogen and oxygen atoms in total. The fraction of sp³-hybridized carbons (Fsp3) is 0.474. The van der Waals surface area contributed by atoms with Crippen molar-refractivity contribution in [2.45, 2.75) is 44.4 Å². The van der Waals surface area contributed by atoms with Gasteiger partial charge in [0.05, 0.1) is 17.4 Å². The van der Waals surface area contributed by atoms with E-state index in [0.29, 0.717) is 30.4 Å². The molecule has 1 N–H and O–H groups in total. The number of carbonyl (C=O) groups excluding carboxylic acids is 1. The number of fused-ring (bicyclic) bond motifs is 2. The molecule has 2 aromatic rings. The van der Waals surface area contributed by atoms with Crippen LogP contribution in [0.4, 0.5) is 13.2 Å². The fourth-order valence-electron chi connectivity index (χ4n) is 4.06. The van der Waals surface area contributed by atoms with Gasteiger partial charge in [-0.15, -0.1) is 12.4 Å². The standard InChI is InChI=1S/C19H21F3N4O.ClH/c1-12-4-2-3-5-16(12)26-17(19(20,21)22)15(10-23-26)18(27)25-9-8-13-6-7-14(11-25)24-13;/h2-5,10,13-14,24H,6-9,11H2,1H3;1H. The predicted molar refractivity (Wildman–Crippen MR) is 101 cm³/mol. The smallest absolute Gasteiger partial charge is 0.337 e. The van der Waals surface area contributed by atoms with Crippen LogP contribution < -0.4 is 5.32 Å². The van der Waals surface area contributed by atoms with E-state index in [0.717, 1.165) is 30.1 Å². The molecule has 4 rings (SSSR count). The van der Waals surface area contributed by atoms with E-state index in [4.69, 9.17) is 0 Å². The Morgan fingerprint density at radius 1 is 1.18 bits per heavy atom. The summed E-state index contributed by atoms with van der Waals surface area (Å²) in [6, 6.07) is 7.20. The highest BCUT2D eigenvalue weighted by Crippen LogP contribution is 2.35. The first-order chi connectivity index (χ1) is 12.8. The quantitative estimate of drug-likeness (QED) is 0.817. The first-order valence-electron chi connectivity index (χ1n) is 9.11. The van der Waals surface area contributed by atoms with Crippen molar-refractivity contribution in [1.29, 1.82) is 0 Å². The van der Waals surface area contributed by atoms with Gasteiger partial charge in [0.2, 0.25) is 0 Å². The SMILES string of the molecule is Cc1ccccc1-n1ncc(C(=O)N2CCC3CCC(C2)N3)c1C(F)(F)F.Cl. The zero-order valence-corrected chi connectivity index (χ0v) is 16.2. The molecule has 2 fully saturated rings. The molecule has 28 heavy (non-hydrogen) atoms. The van der Waals surface area contributed by atoms with Crippen LogP contribution in [0.2, 0.25) is 0 Å². The Kier molecular flexibility index (Phi) is 5.72. The van der Waals surface area contributed by atoms with E-state index < -0.39 is 17.8 Å². The van der Waals surface area contributed by atoms with Crippen LogP contribution in [0.3, 0.4) is 0 Å². The monoisotopic (exact) mass is 414 g/mol. The number of nitrogens with zero attached hydrogens (tertiary/aromatic N) is 3. The summed E-state index contributed by atoms with van der Waals surface area (Å²) < 4.78 is 42.5. The molecule has 3 heterocycles. The summed E-state index contributed by atoms with van der Waals surface area (Å²) in [6.07, 6.45) is -0.870. The van der Waals surface area contributed by atoms with E-state index in [1.807, 2.05) is 0 Å². The molecule has 0 spiro atoms. The third-order valence-electron chi connectivity index (χ3n) is 5.42. The Morgan fingerprint density at radius 3 is 2.61 bits per heavy atom. The van der Waals surface area contributed by atoms with Crippen molar-refractivity contribution in [2.75, 3.05) is 13.1 Å². The van der Waals surface area contributed by atoms with Crippen LogP contribution >= 0.6 is 12.4 Å². The normalized spacial score (nSPS) is 21.9. The number of likely N-dealkylation sites (tertiary alicyclic amines) is 1. The first-order valence-corrected chi connectivity index (χ1v) is 9.11. The van der Waals surface area contributed by atoms with Crippen molar-refractivity contribution >= 4 is 18.3 Å². The highest BCUT2D eigenvalue weighted by Gasteiger charge is 2.42. The maximum absolute atomic E-state index is 13.9. The number of hydrogen-bond donors (Lipinski definition) is 1. The summed E-state index contributed by atoms with van der Waals surface area (Å²) in [5, 5.41) is 7.37. The predicted octanol–water partition coefficient (Wildman–Crippen LogP) is 3.59. The number of para-hydroxylation sites is 1. The molecule has 0 aliphatic carbocycles. The van der Waals surface area contributed by atoms with Crippen LogP contribution in [0.15, 0.2) is 30.5 Å². The van der Waals surface area contributed by atoms with Crippen LogP contribution in [-0.2, 0) is 6.18 Å². The molecule has 152 valence electrons. The Labute approximate surface area is 167 Å². The molecule has 1 amide bonds. The lowest BCUT2D eigenvalue weighted by Crippen LogP contribution is -2.39. The van der Waals surface area contributed by atoms with E-state index in [2.05, 4.69) is 10.4 Å². The van der Waals surface area contributed by atoms with Crippen LogP contribution in [0.1, 0.15) is 40.9 Å². The van der Waals surface area contributed by atoms with Gasteiger partial charge >= 0.3 is 6.18 Å². The van der Waals surface area contributed by atoms with Crippen LogP contribution in [0.25, 0.3) is 5.69 Å². The second kappa shape index (κ2) is 7.75. The number of alkyl halides is 3. The Hall–Kier alpha value is -2.06. The maximum atomic E-state index is 13.9. The third kappa shape index (κ3) is 3.75. The average molecular weight is 415 g/mol. The average Bonchev–Trinajstić information content (AvgIpc) is 3.18. The minimum Gasteiger partial charge on any atom is -0.337 e. The molecule has 1 aromatic carbocycles. The van der Waals surface area contributed by atoms with Crippen LogP contribution in [0.5, 0.6) is 0 Å². The lowest BCUT2D eigenvalue weighted by molar-refractivity contribution is -0.143. The Balaban J connectivity index is 0.00000225. The van der Waals surface area contributed by atoms with Crippen molar-refractivity contribution in [3.05, 3.63) is 47.3 Å². The minimum absolute atomic E-state index is 0. The molecule has 2 aliphatic rings. The van der Waals surface area contributed by atoms with E-state index in [9.17, 15) is 18.0 Å². The van der Waals surface area contributed by atoms with E-state index in [1.54, 1.807) is 31.2 Å². The van der Waals surface area contributed by atoms with Crippen molar-refractivity contribution in [2.24, 2.45) is 0 Å². The van der Waals surface area contributed by atoms with Gasteiger partial charge in [0.1, 0.15) is 0 Å². The van der Waals surface area contributed by atoms with Crippen LogP contribution in [0, 0.1) is 6.92 Å². The molecule has 0 radical (unpaired) electrons. The number of halogens is 4. The van der Waals surface area contributed by atoms with Crippen molar-refractivity contribution < 1.29 is 18.0 Å². The number of carbonyl (C=O) groups is 1. The van der Waals surface area contributed by atoms with E-state index >= 15 is 0 Å². The summed E-state index contributed by atoms with van der Waals surface area (Å²) in [6.45, 7) is 2.61. The highest BCUT2D eigenvalue weighted by atomic mass is 35.5. The first kappa shape index (κ1) is 20.7. The van der Waals surface area contributed by atoms with Crippen molar-refractivity contribution in [3.8, 4) is 5.69 Å². The summed E-state index contributed by atoms with van der Waals surface area (Å²) in [5.74, 6) is -0.600. The van der Waals surface area contributed by atoms with Gasteiger partial charge in [0.15, 0.2) is 5.69 Å². The zero-order chi connectivity index (χ0) is 19.2. The van der Waals surface area contributed by atoms with Gasteiger partial charge in [-0.3, -0.25) is 4.79 Å². The summed E-state index contributed by atoms with van der Waals surface area (Å²) in [5.41, 5.74) is -0.422. The summed E-state index contributed by atoms with van der Waals surface area (Å²) in [4.78, 5) is 14.5. The van der Waals surface area contributed by atoms with Crippen molar-refractivity contribution in [1.82, 2.24) is 20.0 Å². The molecule has 9 heteroatoms. The number of rotatable bonds is 2. The lowest BCUT2D eigenvalue weighted by atomic mass is 10.1. The molecule has 2 atom stereocenters. The molecule has 2 aliphatic heterocycles. The largest absolute Gasteiger partial charge is 0.434 e. The number of nitrogens with one attached hydrogen (secondary N) is 1. The van der Waals surface area contributed by atoms with Gasteiger partial charge in [0, 0.05) is 25.2 Å². The third-order valence-corrected chi connectivity index (χ3v) is 5.42. The molecule has 0 saturated carbocycles. The van der Waals surface area contributed by atoms with E-state index in [1.165, 1.54) is 4.90 Å². The second-order valence-corrected chi connectivity index (χ2v) is 7.28. The van der Waals surface area contributed by atoms with Gasteiger partial charge in [0.25, 0.3) is 5.91 Å². The van der Waals surface area contributed by atoms with Gasteiger partial charge < -0.3 is 10.2 Å². The van der Waals surface area contributed by atoms with Gasteiger partial charge in [-0.05, 0) is 37.8 Å². The van der Waals surface area contributed by atoms with Gasteiger partial charge in [-0.1, -0.05) is 18.2 Å². The Bertz CT molecular complexity index is 867. The van der Waals surface area contributed by atoms with Gasteiger partial charge in [-0.25, -0.2) is 4.68 Å². The highest BCUT2D eigenvalue weighted by molar-refractivity contribution is 5.95.